The van der Waals surface area contributed by atoms with Crippen LogP contribution in [-0.2, 0) is 11.3 Å². The van der Waals surface area contributed by atoms with Crippen LogP contribution in [0.3, 0.4) is 0 Å². The van der Waals surface area contributed by atoms with Crippen LogP contribution < -0.4 is 10.1 Å². The Morgan fingerprint density at radius 2 is 2.00 bits per heavy atom. The summed E-state index contributed by atoms with van der Waals surface area (Å²) >= 11 is 5.96. The van der Waals surface area contributed by atoms with Crippen LogP contribution in [0.15, 0.2) is 59.4 Å². The smallest absolute Gasteiger partial charge is 0.265 e. The van der Waals surface area contributed by atoms with Gasteiger partial charge in [0, 0.05) is 17.1 Å². The van der Waals surface area contributed by atoms with Crippen LogP contribution >= 0.6 is 11.6 Å². The minimum absolute atomic E-state index is 0.142. The van der Waals surface area contributed by atoms with Gasteiger partial charge in [0.2, 0.25) is 5.88 Å². The molecule has 7 nitrogen and oxygen atoms in total. The molecule has 0 radical (unpaired) electrons. The van der Waals surface area contributed by atoms with Crippen molar-refractivity contribution in [3.63, 3.8) is 0 Å². The van der Waals surface area contributed by atoms with E-state index < -0.39 is 11.7 Å². The van der Waals surface area contributed by atoms with E-state index in [0.717, 1.165) is 5.56 Å². The molecule has 0 saturated carbocycles. The number of carbonyl (C=O) groups excluding carboxylic acids is 1. The summed E-state index contributed by atoms with van der Waals surface area (Å²) in [5.41, 5.74) is 2.18. The molecule has 0 saturated heterocycles. The standard InChI is InChI=1S/C20H14ClFN4O3/c21-15-8-14(22)7-6-13(15)9-23-16(27)10-28-19-17-18(12-4-2-1-3-5-12)26-29-20(17)25-11-24-19/h1-8,11H,9-10H2,(H,23,27). The lowest BCUT2D eigenvalue weighted by molar-refractivity contribution is -0.123. The van der Waals surface area contributed by atoms with Gasteiger partial charge >= 0.3 is 0 Å². The third-order valence-corrected chi connectivity index (χ3v) is 4.47. The Morgan fingerprint density at radius 1 is 1.17 bits per heavy atom. The maximum atomic E-state index is 13.1. The molecule has 0 bridgehead atoms. The van der Waals surface area contributed by atoms with Crippen molar-refractivity contribution in [2.75, 3.05) is 6.61 Å². The largest absolute Gasteiger partial charge is 0.467 e. The third kappa shape index (κ3) is 4.17. The molecule has 0 fully saturated rings. The van der Waals surface area contributed by atoms with Gasteiger partial charge in [0.05, 0.1) is 0 Å². The van der Waals surface area contributed by atoms with Crippen LogP contribution in [-0.4, -0.2) is 27.6 Å². The first-order valence-corrected chi connectivity index (χ1v) is 8.99. The summed E-state index contributed by atoms with van der Waals surface area (Å²) in [6.07, 6.45) is 1.27. The monoisotopic (exact) mass is 412 g/mol. The molecular weight excluding hydrogens is 399 g/mol. The predicted molar refractivity (Wildman–Crippen MR) is 104 cm³/mol. The number of hydrogen-bond acceptors (Lipinski definition) is 6. The predicted octanol–water partition coefficient (Wildman–Crippen LogP) is 3.77. The summed E-state index contributed by atoms with van der Waals surface area (Å²) in [7, 11) is 0. The zero-order valence-electron chi connectivity index (χ0n) is 14.9. The summed E-state index contributed by atoms with van der Waals surface area (Å²) in [5.74, 6) is -0.649. The van der Waals surface area contributed by atoms with E-state index in [1.165, 1.54) is 24.5 Å². The Bertz CT molecular complexity index is 1170. The van der Waals surface area contributed by atoms with E-state index >= 15 is 0 Å². The maximum Gasteiger partial charge on any atom is 0.265 e. The van der Waals surface area contributed by atoms with E-state index in [1.807, 2.05) is 30.3 Å². The lowest BCUT2D eigenvalue weighted by atomic mass is 10.1. The molecule has 29 heavy (non-hydrogen) atoms. The molecule has 9 heteroatoms. The van der Waals surface area contributed by atoms with Crippen molar-refractivity contribution in [2.45, 2.75) is 6.54 Å². The quantitative estimate of drug-likeness (QED) is 0.518. The molecule has 0 aliphatic rings. The fraction of sp³-hybridized carbons (Fsp3) is 0.100. The van der Waals surface area contributed by atoms with Gasteiger partial charge in [-0.1, -0.05) is 53.2 Å². The van der Waals surface area contributed by atoms with Crippen molar-refractivity contribution in [1.29, 1.82) is 0 Å². The second kappa shape index (κ2) is 8.24. The number of hydrogen-bond donors (Lipinski definition) is 1. The van der Waals surface area contributed by atoms with Gasteiger partial charge in [0.15, 0.2) is 6.61 Å². The number of nitrogens with one attached hydrogen (secondary N) is 1. The number of carbonyl (C=O) groups is 1. The molecule has 0 aliphatic heterocycles. The molecular formula is C20H14ClFN4O3. The SMILES string of the molecule is O=C(COc1ncnc2onc(-c3ccccc3)c12)NCc1ccc(F)cc1Cl. The molecule has 146 valence electrons. The van der Waals surface area contributed by atoms with Crippen molar-refractivity contribution in [3.8, 4) is 17.1 Å². The number of fused-ring (bicyclic) bond motifs is 1. The lowest BCUT2D eigenvalue weighted by Crippen LogP contribution is -2.28. The molecule has 0 atom stereocenters. The van der Waals surface area contributed by atoms with Crippen LogP contribution in [0.5, 0.6) is 5.88 Å². The van der Waals surface area contributed by atoms with Crippen LogP contribution in [0, 0.1) is 5.82 Å². The third-order valence-electron chi connectivity index (χ3n) is 4.12. The first kappa shape index (κ1) is 18.8. The molecule has 0 aliphatic carbocycles. The number of benzene rings is 2. The van der Waals surface area contributed by atoms with Gasteiger partial charge in [0.1, 0.15) is 23.2 Å². The van der Waals surface area contributed by atoms with Crippen LogP contribution in [0.25, 0.3) is 22.4 Å². The maximum absolute atomic E-state index is 13.1. The Morgan fingerprint density at radius 3 is 2.79 bits per heavy atom. The van der Waals surface area contributed by atoms with Gasteiger partial charge in [-0.15, -0.1) is 0 Å². The minimum atomic E-state index is -0.441. The van der Waals surface area contributed by atoms with Crippen molar-refractivity contribution in [2.24, 2.45) is 0 Å². The van der Waals surface area contributed by atoms with Crippen molar-refractivity contribution in [3.05, 3.63) is 71.3 Å². The number of halogens is 2. The first-order chi connectivity index (χ1) is 14.1. The molecule has 2 aromatic heterocycles. The highest BCUT2D eigenvalue weighted by molar-refractivity contribution is 6.31. The van der Waals surface area contributed by atoms with E-state index in [1.54, 1.807) is 0 Å². The van der Waals surface area contributed by atoms with E-state index in [9.17, 15) is 9.18 Å². The average Bonchev–Trinajstić information content (AvgIpc) is 3.17. The Balaban J connectivity index is 1.47. The van der Waals surface area contributed by atoms with Crippen LogP contribution in [0.2, 0.25) is 5.02 Å². The molecule has 1 amide bonds. The normalized spacial score (nSPS) is 10.8. The van der Waals surface area contributed by atoms with Crippen molar-refractivity contribution in [1.82, 2.24) is 20.4 Å². The molecule has 4 rings (SSSR count). The summed E-state index contributed by atoms with van der Waals surface area (Å²) in [6.45, 7) is -0.145. The second-order valence-electron chi connectivity index (χ2n) is 6.06. The van der Waals surface area contributed by atoms with E-state index in [-0.39, 0.29) is 29.8 Å². The Kier molecular flexibility index (Phi) is 5.35. The molecule has 2 heterocycles. The summed E-state index contributed by atoms with van der Waals surface area (Å²) in [4.78, 5) is 20.3. The summed E-state index contributed by atoms with van der Waals surface area (Å²) < 4.78 is 23.9. The van der Waals surface area contributed by atoms with Gasteiger partial charge in [-0.3, -0.25) is 4.79 Å². The number of amides is 1. The van der Waals surface area contributed by atoms with Crippen LogP contribution in [0.4, 0.5) is 4.39 Å². The Hall–Kier alpha value is -3.52. The zero-order chi connectivity index (χ0) is 20.2. The highest BCUT2D eigenvalue weighted by atomic mass is 35.5. The van der Waals surface area contributed by atoms with E-state index in [2.05, 4.69) is 20.4 Å². The molecule has 4 aromatic rings. The van der Waals surface area contributed by atoms with Gasteiger partial charge in [-0.2, -0.15) is 4.98 Å². The van der Waals surface area contributed by atoms with Crippen molar-refractivity contribution < 1.29 is 18.4 Å². The van der Waals surface area contributed by atoms with Gasteiger partial charge in [-0.25, -0.2) is 9.37 Å². The number of rotatable bonds is 6. The van der Waals surface area contributed by atoms with Gasteiger partial charge < -0.3 is 14.6 Å². The Labute approximate surface area is 169 Å². The summed E-state index contributed by atoms with van der Waals surface area (Å²) in [5, 5.41) is 7.42. The minimum Gasteiger partial charge on any atom is -0.467 e. The average molecular weight is 413 g/mol. The first-order valence-electron chi connectivity index (χ1n) is 8.61. The van der Waals surface area contributed by atoms with E-state index in [4.69, 9.17) is 20.9 Å². The zero-order valence-corrected chi connectivity index (χ0v) is 15.7. The fourth-order valence-electron chi connectivity index (χ4n) is 2.71. The fourth-order valence-corrected chi connectivity index (χ4v) is 2.94. The number of ether oxygens (including phenoxy) is 1. The number of aromatic nitrogens is 3. The number of nitrogens with zero attached hydrogens (tertiary/aromatic N) is 3. The highest BCUT2D eigenvalue weighted by Crippen LogP contribution is 2.32. The molecule has 0 unspecified atom stereocenters. The topological polar surface area (TPSA) is 90.1 Å². The summed E-state index contributed by atoms with van der Waals surface area (Å²) in [6, 6.07) is 13.3. The van der Waals surface area contributed by atoms with Crippen LogP contribution in [0.1, 0.15) is 5.56 Å². The van der Waals surface area contributed by atoms with Gasteiger partial charge in [0.25, 0.3) is 11.6 Å². The highest BCUT2D eigenvalue weighted by Gasteiger charge is 2.18. The lowest BCUT2D eigenvalue weighted by Gasteiger charge is -2.09. The molecule has 1 N–H and O–H groups in total. The van der Waals surface area contributed by atoms with Gasteiger partial charge in [-0.05, 0) is 17.7 Å². The van der Waals surface area contributed by atoms with E-state index in [0.29, 0.717) is 16.6 Å². The molecule has 0 spiro atoms. The van der Waals surface area contributed by atoms with Crippen molar-refractivity contribution >= 4 is 28.6 Å². The molecule has 2 aromatic carbocycles. The second-order valence-corrected chi connectivity index (χ2v) is 6.46.